The van der Waals surface area contributed by atoms with Gasteiger partial charge in [-0.3, -0.25) is 9.10 Å². The molecule has 3 rings (SSSR count). The lowest BCUT2D eigenvalue weighted by molar-refractivity contribution is -0.120. The highest BCUT2D eigenvalue weighted by molar-refractivity contribution is 7.92. The molecule has 0 saturated carbocycles. The minimum Gasteiger partial charge on any atom is -0.486 e. The summed E-state index contributed by atoms with van der Waals surface area (Å²) < 4.78 is 49.6. The summed E-state index contributed by atoms with van der Waals surface area (Å²) in [5.74, 6) is 0.0927. The summed E-state index contributed by atoms with van der Waals surface area (Å²) in [6.45, 7) is -0.0582. The third kappa shape index (κ3) is 4.88. The van der Waals surface area contributed by atoms with Gasteiger partial charge >= 0.3 is 0 Å². The highest BCUT2D eigenvalue weighted by Crippen LogP contribution is 2.30. The van der Waals surface area contributed by atoms with E-state index in [2.05, 4.69) is 5.32 Å². The lowest BCUT2D eigenvalue weighted by Crippen LogP contribution is -2.45. The predicted molar refractivity (Wildman–Crippen MR) is 98.0 cm³/mol. The van der Waals surface area contributed by atoms with Gasteiger partial charge in [0.1, 0.15) is 25.1 Å². The second-order valence-corrected chi connectivity index (χ2v) is 7.96. The Balaban J connectivity index is 1.60. The van der Waals surface area contributed by atoms with Gasteiger partial charge in [0.15, 0.2) is 11.5 Å². The van der Waals surface area contributed by atoms with E-state index in [-0.39, 0.29) is 18.8 Å². The third-order valence-corrected chi connectivity index (χ3v) is 5.02. The molecule has 1 aliphatic rings. The maximum absolute atomic E-state index is 13.4. The Morgan fingerprint density at radius 1 is 1.22 bits per heavy atom. The molecule has 1 aliphatic heterocycles. The number of nitrogens with zero attached hydrogens (tertiary/aromatic N) is 1. The number of benzene rings is 2. The maximum Gasteiger partial charge on any atom is 0.240 e. The summed E-state index contributed by atoms with van der Waals surface area (Å²) in [6.07, 6.45) is 0.560. The summed E-state index contributed by atoms with van der Waals surface area (Å²) in [5.41, 5.74) is 0.0822. The average Bonchev–Trinajstić information content (AvgIpc) is 2.63. The molecule has 0 spiro atoms. The van der Waals surface area contributed by atoms with Crippen molar-refractivity contribution in [3.63, 3.8) is 0 Å². The van der Waals surface area contributed by atoms with Crippen LogP contribution in [0.15, 0.2) is 48.5 Å². The fourth-order valence-corrected chi connectivity index (χ4v) is 3.46. The molecule has 2 aromatic rings. The van der Waals surface area contributed by atoms with Crippen molar-refractivity contribution in [2.45, 2.75) is 6.10 Å². The zero-order valence-corrected chi connectivity index (χ0v) is 15.4. The van der Waals surface area contributed by atoms with E-state index in [0.717, 1.165) is 16.6 Å². The lowest BCUT2D eigenvalue weighted by Gasteiger charge is -2.27. The van der Waals surface area contributed by atoms with E-state index in [1.54, 1.807) is 12.1 Å². The largest absolute Gasteiger partial charge is 0.486 e. The van der Waals surface area contributed by atoms with Gasteiger partial charge in [-0.2, -0.15) is 0 Å². The van der Waals surface area contributed by atoms with E-state index in [0.29, 0.717) is 11.5 Å². The third-order valence-electron chi connectivity index (χ3n) is 3.88. The van der Waals surface area contributed by atoms with Gasteiger partial charge in [0.25, 0.3) is 0 Å². The molecule has 1 amide bonds. The molecule has 0 aliphatic carbocycles. The maximum atomic E-state index is 13.4. The van der Waals surface area contributed by atoms with Gasteiger partial charge in [0, 0.05) is 0 Å². The Bertz CT molecular complexity index is 935. The average molecular weight is 394 g/mol. The smallest absolute Gasteiger partial charge is 0.240 e. The van der Waals surface area contributed by atoms with Crippen molar-refractivity contribution in [3.05, 3.63) is 54.3 Å². The van der Waals surface area contributed by atoms with E-state index in [4.69, 9.17) is 9.47 Å². The van der Waals surface area contributed by atoms with Crippen LogP contribution < -0.4 is 19.1 Å². The molecule has 1 N–H and O–H groups in total. The standard InChI is InChI=1S/C18H19FN2O5S/c1-27(23,24)21(14-6-4-5-13(19)9-14)11-18(22)20-10-15-12-25-16-7-2-3-8-17(16)26-15/h2-9,15H,10-12H2,1H3,(H,20,22). The van der Waals surface area contributed by atoms with Gasteiger partial charge in [-0.15, -0.1) is 0 Å². The molecule has 1 atom stereocenters. The van der Waals surface area contributed by atoms with Gasteiger partial charge in [-0.1, -0.05) is 18.2 Å². The number of para-hydroxylation sites is 2. The SMILES string of the molecule is CS(=O)(=O)N(CC(=O)NCC1COc2ccccc2O1)c1cccc(F)c1. The zero-order valence-electron chi connectivity index (χ0n) is 14.6. The van der Waals surface area contributed by atoms with Crippen molar-refractivity contribution in [2.75, 3.05) is 30.3 Å². The van der Waals surface area contributed by atoms with Crippen molar-refractivity contribution in [1.82, 2.24) is 5.32 Å². The van der Waals surface area contributed by atoms with Crippen molar-refractivity contribution in [3.8, 4) is 11.5 Å². The van der Waals surface area contributed by atoms with E-state index in [1.807, 2.05) is 12.1 Å². The van der Waals surface area contributed by atoms with Crippen LogP contribution in [0.3, 0.4) is 0 Å². The number of amides is 1. The molecule has 7 nitrogen and oxygen atoms in total. The number of sulfonamides is 1. The zero-order chi connectivity index (χ0) is 19.4. The topological polar surface area (TPSA) is 84.9 Å². The van der Waals surface area contributed by atoms with Crippen LogP contribution in [0.4, 0.5) is 10.1 Å². The molecule has 9 heteroatoms. The highest BCUT2D eigenvalue weighted by atomic mass is 32.2. The van der Waals surface area contributed by atoms with Crippen LogP contribution in [0.2, 0.25) is 0 Å². The lowest BCUT2D eigenvalue weighted by atomic mass is 10.2. The van der Waals surface area contributed by atoms with Crippen molar-refractivity contribution in [2.24, 2.45) is 0 Å². The number of carbonyl (C=O) groups excluding carboxylic acids is 1. The fraction of sp³-hybridized carbons (Fsp3) is 0.278. The van der Waals surface area contributed by atoms with E-state index >= 15 is 0 Å². The number of carbonyl (C=O) groups is 1. The van der Waals surface area contributed by atoms with Crippen LogP contribution in [-0.2, 0) is 14.8 Å². The number of halogens is 1. The minimum atomic E-state index is -3.76. The molecular weight excluding hydrogens is 375 g/mol. The van der Waals surface area contributed by atoms with Crippen LogP contribution in [0.25, 0.3) is 0 Å². The Labute approximate surface area is 156 Å². The van der Waals surface area contributed by atoms with Crippen molar-refractivity contribution in [1.29, 1.82) is 0 Å². The monoisotopic (exact) mass is 394 g/mol. The summed E-state index contributed by atoms with van der Waals surface area (Å²) in [7, 11) is -3.76. The Morgan fingerprint density at radius 3 is 2.67 bits per heavy atom. The van der Waals surface area contributed by atoms with Crippen LogP contribution in [0, 0.1) is 5.82 Å². The van der Waals surface area contributed by atoms with Gasteiger partial charge < -0.3 is 14.8 Å². The van der Waals surface area contributed by atoms with Crippen LogP contribution in [-0.4, -0.2) is 46.4 Å². The summed E-state index contributed by atoms with van der Waals surface area (Å²) in [6, 6.07) is 12.2. The Kier molecular flexibility index (Phi) is 5.50. The first-order valence-electron chi connectivity index (χ1n) is 8.21. The highest BCUT2D eigenvalue weighted by Gasteiger charge is 2.24. The summed E-state index contributed by atoms with van der Waals surface area (Å²) >= 11 is 0. The molecular formula is C18H19FN2O5S. The van der Waals surface area contributed by atoms with E-state index in [1.165, 1.54) is 18.2 Å². The first-order chi connectivity index (χ1) is 12.8. The second kappa shape index (κ2) is 7.83. The number of hydrogen-bond donors (Lipinski definition) is 1. The van der Waals surface area contributed by atoms with Gasteiger partial charge in [-0.05, 0) is 30.3 Å². The van der Waals surface area contributed by atoms with Crippen LogP contribution >= 0.6 is 0 Å². The number of nitrogens with one attached hydrogen (secondary N) is 1. The molecule has 0 saturated heterocycles. The quantitative estimate of drug-likeness (QED) is 0.804. The number of rotatable bonds is 6. The van der Waals surface area contributed by atoms with Crippen LogP contribution in [0.5, 0.6) is 11.5 Å². The molecule has 0 radical (unpaired) electrons. The predicted octanol–water partition coefficient (Wildman–Crippen LogP) is 1.55. The molecule has 1 heterocycles. The van der Waals surface area contributed by atoms with E-state index < -0.39 is 34.4 Å². The number of hydrogen-bond acceptors (Lipinski definition) is 5. The Morgan fingerprint density at radius 2 is 1.96 bits per heavy atom. The number of fused-ring (bicyclic) bond motifs is 1. The van der Waals surface area contributed by atoms with Gasteiger partial charge in [0.05, 0.1) is 18.5 Å². The summed E-state index contributed by atoms with van der Waals surface area (Å²) in [5, 5.41) is 2.63. The molecule has 0 fully saturated rings. The Hall–Kier alpha value is -2.81. The van der Waals surface area contributed by atoms with E-state index in [9.17, 15) is 17.6 Å². The summed E-state index contributed by atoms with van der Waals surface area (Å²) in [4.78, 5) is 12.2. The second-order valence-electron chi connectivity index (χ2n) is 6.05. The van der Waals surface area contributed by atoms with Gasteiger partial charge in [0.2, 0.25) is 15.9 Å². The fourth-order valence-electron chi connectivity index (χ4n) is 2.61. The molecule has 0 bridgehead atoms. The number of ether oxygens (including phenoxy) is 2. The first-order valence-corrected chi connectivity index (χ1v) is 10.1. The molecule has 0 aromatic heterocycles. The minimum absolute atomic E-state index is 0.0822. The molecule has 2 aromatic carbocycles. The first kappa shape index (κ1) is 19.0. The van der Waals surface area contributed by atoms with Crippen LogP contribution in [0.1, 0.15) is 0 Å². The number of anilines is 1. The van der Waals surface area contributed by atoms with Crippen molar-refractivity contribution >= 4 is 21.6 Å². The normalized spacial score (nSPS) is 15.9. The molecule has 27 heavy (non-hydrogen) atoms. The van der Waals surface area contributed by atoms with Gasteiger partial charge in [-0.25, -0.2) is 12.8 Å². The molecule has 1 unspecified atom stereocenters. The molecule has 144 valence electrons. The van der Waals surface area contributed by atoms with Crippen molar-refractivity contribution < 1.29 is 27.1 Å².